The van der Waals surface area contributed by atoms with Crippen LogP contribution in [-0.2, 0) is 9.53 Å². The van der Waals surface area contributed by atoms with E-state index in [0.29, 0.717) is 5.92 Å². The standard InChI is InChI=1S/C9H14O2/c10-6-8-5-9(8)7-1-3-11-4-2-7/h6-9H,1-5H2/t8-,9+/m1/s1. The van der Waals surface area contributed by atoms with Crippen LogP contribution in [0, 0.1) is 17.8 Å². The van der Waals surface area contributed by atoms with Crippen LogP contribution in [0.4, 0.5) is 0 Å². The summed E-state index contributed by atoms with van der Waals surface area (Å²) in [5.41, 5.74) is 0. The van der Waals surface area contributed by atoms with E-state index in [1.165, 1.54) is 12.8 Å². The van der Waals surface area contributed by atoms with Crippen LogP contribution in [0.1, 0.15) is 19.3 Å². The highest BCUT2D eigenvalue weighted by atomic mass is 16.5. The molecular formula is C9H14O2. The predicted octanol–water partition coefficient (Wildman–Crippen LogP) is 1.25. The topological polar surface area (TPSA) is 26.3 Å². The first-order valence-corrected chi connectivity index (χ1v) is 4.45. The first kappa shape index (κ1) is 7.29. The van der Waals surface area contributed by atoms with Crippen molar-refractivity contribution in [1.29, 1.82) is 0 Å². The van der Waals surface area contributed by atoms with Crippen LogP contribution in [-0.4, -0.2) is 19.5 Å². The van der Waals surface area contributed by atoms with Gasteiger partial charge in [-0.25, -0.2) is 0 Å². The lowest BCUT2D eigenvalue weighted by molar-refractivity contribution is -0.109. The van der Waals surface area contributed by atoms with E-state index in [1.807, 2.05) is 0 Å². The number of ether oxygens (including phenoxy) is 1. The summed E-state index contributed by atoms with van der Waals surface area (Å²) >= 11 is 0. The molecule has 0 N–H and O–H groups in total. The van der Waals surface area contributed by atoms with Crippen molar-refractivity contribution < 1.29 is 9.53 Å². The highest BCUT2D eigenvalue weighted by Crippen LogP contribution is 2.46. The van der Waals surface area contributed by atoms with Gasteiger partial charge < -0.3 is 9.53 Å². The lowest BCUT2D eigenvalue weighted by atomic mass is 9.94. The summed E-state index contributed by atoms with van der Waals surface area (Å²) in [6.45, 7) is 1.82. The van der Waals surface area contributed by atoms with Gasteiger partial charge in [-0.2, -0.15) is 0 Å². The largest absolute Gasteiger partial charge is 0.381 e. The highest BCUT2D eigenvalue weighted by Gasteiger charge is 2.42. The maximum absolute atomic E-state index is 10.4. The van der Waals surface area contributed by atoms with Gasteiger partial charge in [-0.3, -0.25) is 0 Å². The molecule has 0 bridgehead atoms. The molecule has 0 aromatic rings. The van der Waals surface area contributed by atoms with Crippen LogP contribution >= 0.6 is 0 Å². The molecule has 0 aromatic heterocycles. The van der Waals surface area contributed by atoms with E-state index in [4.69, 9.17) is 4.74 Å². The Morgan fingerprint density at radius 2 is 2.00 bits per heavy atom. The number of carbonyl (C=O) groups excluding carboxylic acids is 1. The maximum Gasteiger partial charge on any atom is 0.123 e. The van der Waals surface area contributed by atoms with Gasteiger partial charge in [0.2, 0.25) is 0 Å². The molecule has 2 nitrogen and oxygen atoms in total. The average molecular weight is 154 g/mol. The van der Waals surface area contributed by atoms with Crippen LogP contribution in [0.5, 0.6) is 0 Å². The molecular weight excluding hydrogens is 140 g/mol. The van der Waals surface area contributed by atoms with Gasteiger partial charge in [0, 0.05) is 19.1 Å². The maximum atomic E-state index is 10.4. The van der Waals surface area contributed by atoms with Crippen molar-refractivity contribution in [2.45, 2.75) is 19.3 Å². The van der Waals surface area contributed by atoms with Crippen molar-refractivity contribution in [1.82, 2.24) is 0 Å². The minimum Gasteiger partial charge on any atom is -0.381 e. The Morgan fingerprint density at radius 1 is 1.27 bits per heavy atom. The lowest BCUT2D eigenvalue weighted by Gasteiger charge is -2.21. The molecule has 62 valence electrons. The molecule has 0 aromatic carbocycles. The summed E-state index contributed by atoms with van der Waals surface area (Å²) < 4.78 is 5.26. The fourth-order valence-corrected chi connectivity index (χ4v) is 2.08. The van der Waals surface area contributed by atoms with Crippen molar-refractivity contribution >= 4 is 6.29 Å². The summed E-state index contributed by atoms with van der Waals surface area (Å²) in [6.07, 6.45) is 4.62. The second-order valence-corrected chi connectivity index (χ2v) is 3.65. The summed E-state index contributed by atoms with van der Waals surface area (Å²) in [5.74, 6) is 1.91. The summed E-state index contributed by atoms with van der Waals surface area (Å²) in [7, 11) is 0. The minimum atomic E-state index is 0.401. The molecule has 1 aliphatic carbocycles. The van der Waals surface area contributed by atoms with Crippen molar-refractivity contribution in [3.05, 3.63) is 0 Å². The van der Waals surface area contributed by atoms with Gasteiger partial charge in [0.25, 0.3) is 0 Å². The van der Waals surface area contributed by atoms with E-state index < -0.39 is 0 Å². The zero-order valence-electron chi connectivity index (χ0n) is 6.66. The van der Waals surface area contributed by atoms with Gasteiger partial charge in [-0.15, -0.1) is 0 Å². The van der Waals surface area contributed by atoms with E-state index in [1.54, 1.807) is 0 Å². The fraction of sp³-hybridized carbons (Fsp3) is 0.889. The van der Waals surface area contributed by atoms with E-state index in [0.717, 1.165) is 37.8 Å². The second kappa shape index (κ2) is 2.94. The molecule has 11 heavy (non-hydrogen) atoms. The number of aldehydes is 1. The highest BCUT2D eigenvalue weighted by molar-refractivity contribution is 5.58. The van der Waals surface area contributed by atoms with Crippen molar-refractivity contribution in [3.63, 3.8) is 0 Å². The monoisotopic (exact) mass is 154 g/mol. The molecule has 0 radical (unpaired) electrons. The van der Waals surface area contributed by atoms with Crippen molar-refractivity contribution in [2.24, 2.45) is 17.8 Å². The summed E-state index contributed by atoms with van der Waals surface area (Å²) in [6, 6.07) is 0. The van der Waals surface area contributed by atoms with E-state index in [2.05, 4.69) is 0 Å². The Bertz CT molecular complexity index is 150. The van der Waals surface area contributed by atoms with E-state index in [9.17, 15) is 4.79 Å². The van der Waals surface area contributed by atoms with Crippen LogP contribution in [0.2, 0.25) is 0 Å². The molecule has 0 spiro atoms. The van der Waals surface area contributed by atoms with Crippen LogP contribution in [0.3, 0.4) is 0 Å². The first-order valence-electron chi connectivity index (χ1n) is 4.45. The van der Waals surface area contributed by atoms with Gasteiger partial charge in [0.05, 0.1) is 0 Å². The third-order valence-electron chi connectivity index (χ3n) is 2.94. The second-order valence-electron chi connectivity index (χ2n) is 3.65. The summed E-state index contributed by atoms with van der Waals surface area (Å²) in [5, 5.41) is 0. The van der Waals surface area contributed by atoms with E-state index >= 15 is 0 Å². The molecule has 1 aliphatic heterocycles. The molecule has 1 saturated carbocycles. The molecule has 2 atom stereocenters. The number of hydrogen-bond acceptors (Lipinski definition) is 2. The zero-order valence-corrected chi connectivity index (χ0v) is 6.66. The van der Waals surface area contributed by atoms with Crippen LogP contribution in [0.25, 0.3) is 0 Å². The minimum absolute atomic E-state index is 0.401. The van der Waals surface area contributed by atoms with E-state index in [-0.39, 0.29) is 0 Å². The molecule has 2 heteroatoms. The average Bonchev–Trinajstić information content (AvgIpc) is 2.85. The van der Waals surface area contributed by atoms with Crippen LogP contribution in [0.15, 0.2) is 0 Å². The van der Waals surface area contributed by atoms with Crippen molar-refractivity contribution in [3.8, 4) is 0 Å². The Hall–Kier alpha value is -0.370. The normalized spacial score (nSPS) is 38.5. The Morgan fingerprint density at radius 3 is 2.55 bits per heavy atom. The zero-order chi connectivity index (χ0) is 7.68. The van der Waals surface area contributed by atoms with Gasteiger partial charge in [0.15, 0.2) is 0 Å². The summed E-state index contributed by atoms with van der Waals surface area (Å²) in [4.78, 5) is 10.4. The van der Waals surface area contributed by atoms with Gasteiger partial charge in [0.1, 0.15) is 6.29 Å². The number of rotatable bonds is 2. The third-order valence-corrected chi connectivity index (χ3v) is 2.94. The predicted molar refractivity (Wildman–Crippen MR) is 41.2 cm³/mol. The Labute approximate surface area is 66.9 Å². The quantitative estimate of drug-likeness (QED) is 0.559. The molecule has 0 amide bonds. The van der Waals surface area contributed by atoms with Gasteiger partial charge in [-0.05, 0) is 31.1 Å². The van der Waals surface area contributed by atoms with Gasteiger partial charge >= 0.3 is 0 Å². The Balaban J connectivity index is 1.81. The first-order chi connectivity index (χ1) is 5.42. The SMILES string of the molecule is O=C[C@H]1C[C@H]1C1CCOCC1. The number of hydrogen-bond donors (Lipinski definition) is 0. The van der Waals surface area contributed by atoms with Gasteiger partial charge in [-0.1, -0.05) is 0 Å². The third kappa shape index (κ3) is 1.45. The van der Waals surface area contributed by atoms with Crippen molar-refractivity contribution in [2.75, 3.05) is 13.2 Å². The molecule has 2 aliphatic rings. The fourth-order valence-electron chi connectivity index (χ4n) is 2.08. The van der Waals surface area contributed by atoms with Crippen LogP contribution < -0.4 is 0 Å². The molecule has 0 unspecified atom stereocenters. The Kier molecular flexibility index (Phi) is 1.95. The smallest absolute Gasteiger partial charge is 0.123 e. The number of carbonyl (C=O) groups is 1. The molecule has 1 saturated heterocycles. The lowest BCUT2D eigenvalue weighted by Crippen LogP contribution is -2.17. The molecule has 2 fully saturated rings. The molecule has 2 rings (SSSR count). The molecule has 1 heterocycles.